The summed E-state index contributed by atoms with van der Waals surface area (Å²) < 4.78 is 13.8. The van der Waals surface area contributed by atoms with Gasteiger partial charge in [-0.15, -0.1) is 0 Å². The van der Waals surface area contributed by atoms with Crippen molar-refractivity contribution < 1.29 is 9.18 Å². The van der Waals surface area contributed by atoms with E-state index in [1.54, 1.807) is 24.4 Å². The molecule has 0 bridgehead atoms. The molecule has 0 atom stereocenters. The minimum Gasteiger partial charge on any atom is -0.348 e. The molecule has 3 rings (SSSR count). The number of hydrogen-bond donors (Lipinski definition) is 1. The van der Waals surface area contributed by atoms with Gasteiger partial charge in [0, 0.05) is 29.0 Å². The van der Waals surface area contributed by atoms with Gasteiger partial charge in [-0.2, -0.15) is 0 Å². The molecule has 0 saturated heterocycles. The number of pyridine rings is 1. The molecule has 0 spiro atoms. The molecule has 0 saturated carbocycles. The Morgan fingerprint density at radius 2 is 1.83 bits per heavy atom. The Kier molecular flexibility index (Phi) is 5.01. The van der Waals surface area contributed by atoms with Crippen molar-refractivity contribution in [2.45, 2.75) is 6.54 Å². The second-order valence-electron chi connectivity index (χ2n) is 5.25. The molecular weight excluding hydrogens is 371 g/mol. The van der Waals surface area contributed by atoms with Crippen LogP contribution in [0.4, 0.5) is 4.39 Å². The van der Waals surface area contributed by atoms with Crippen LogP contribution in [0.1, 0.15) is 15.9 Å². The molecule has 0 aliphatic rings. The average molecular weight is 385 g/mol. The van der Waals surface area contributed by atoms with Crippen molar-refractivity contribution in [2.75, 3.05) is 0 Å². The summed E-state index contributed by atoms with van der Waals surface area (Å²) in [5.41, 5.74) is 3.14. The predicted molar refractivity (Wildman–Crippen MR) is 94.9 cm³/mol. The van der Waals surface area contributed by atoms with Crippen LogP contribution in [0.15, 0.2) is 71.5 Å². The number of benzene rings is 2. The third-order valence-corrected chi connectivity index (χ3v) is 4.24. The van der Waals surface area contributed by atoms with E-state index in [0.29, 0.717) is 12.1 Å². The van der Waals surface area contributed by atoms with Crippen molar-refractivity contribution in [2.24, 2.45) is 0 Å². The molecule has 0 aliphatic heterocycles. The number of halogens is 2. The molecule has 3 nitrogen and oxygen atoms in total. The molecule has 0 radical (unpaired) electrons. The molecule has 120 valence electrons. The van der Waals surface area contributed by atoms with Crippen LogP contribution in [0, 0.1) is 5.82 Å². The predicted octanol–water partition coefficient (Wildman–Crippen LogP) is 4.58. The van der Waals surface area contributed by atoms with Crippen LogP contribution in [0.3, 0.4) is 0 Å². The third-order valence-electron chi connectivity index (χ3n) is 3.55. The lowest BCUT2D eigenvalue weighted by Crippen LogP contribution is -2.22. The summed E-state index contributed by atoms with van der Waals surface area (Å²) in [7, 11) is 0. The lowest BCUT2D eigenvalue weighted by molar-refractivity contribution is 0.0950. The van der Waals surface area contributed by atoms with Gasteiger partial charge in [-0.25, -0.2) is 4.39 Å². The summed E-state index contributed by atoms with van der Waals surface area (Å²) in [5.74, 6) is -0.517. The Morgan fingerprint density at radius 1 is 1.08 bits per heavy atom. The third kappa shape index (κ3) is 3.86. The monoisotopic (exact) mass is 384 g/mol. The van der Waals surface area contributed by atoms with Crippen LogP contribution in [0.25, 0.3) is 11.1 Å². The zero-order valence-electron chi connectivity index (χ0n) is 12.7. The molecule has 0 fully saturated rings. The fourth-order valence-electron chi connectivity index (χ4n) is 2.29. The smallest absolute Gasteiger partial charge is 0.253 e. The molecule has 24 heavy (non-hydrogen) atoms. The highest BCUT2D eigenvalue weighted by atomic mass is 79.9. The summed E-state index contributed by atoms with van der Waals surface area (Å²) >= 11 is 3.50. The molecule has 1 amide bonds. The first-order valence-electron chi connectivity index (χ1n) is 7.36. The first-order chi connectivity index (χ1) is 11.6. The molecule has 1 aromatic heterocycles. The van der Waals surface area contributed by atoms with E-state index >= 15 is 0 Å². The molecule has 1 N–H and O–H groups in total. The summed E-state index contributed by atoms with van der Waals surface area (Å²) in [4.78, 5) is 16.5. The van der Waals surface area contributed by atoms with Gasteiger partial charge in [0.05, 0.1) is 5.56 Å². The quantitative estimate of drug-likeness (QED) is 0.715. The second kappa shape index (κ2) is 7.36. The van der Waals surface area contributed by atoms with Gasteiger partial charge < -0.3 is 5.32 Å². The van der Waals surface area contributed by atoms with Crippen LogP contribution >= 0.6 is 15.9 Å². The zero-order chi connectivity index (χ0) is 16.9. The Bertz CT molecular complexity index is 865. The Labute approximate surface area is 147 Å². The fourth-order valence-corrected chi connectivity index (χ4v) is 2.81. The van der Waals surface area contributed by atoms with E-state index in [2.05, 4.69) is 26.2 Å². The van der Waals surface area contributed by atoms with Gasteiger partial charge in [0.15, 0.2) is 0 Å². The molecule has 3 aromatic rings. The molecular formula is C19H14BrFN2O. The Balaban J connectivity index is 1.75. The number of amides is 1. The second-order valence-corrected chi connectivity index (χ2v) is 6.11. The zero-order valence-corrected chi connectivity index (χ0v) is 14.3. The summed E-state index contributed by atoms with van der Waals surface area (Å²) in [6, 6.07) is 15.6. The summed E-state index contributed by atoms with van der Waals surface area (Å²) in [6.07, 6.45) is 3.25. The topological polar surface area (TPSA) is 42.0 Å². The number of nitrogens with zero attached hydrogens (tertiary/aromatic N) is 1. The SMILES string of the molecule is O=C(NCc1ccc(F)cc1)c1cncc(-c2ccccc2Br)c1. The largest absolute Gasteiger partial charge is 0.348 e. The maximum atomic E-state index is 12.9. The number of rotatable bonds is 4. The van der Waals surface area contributed by atoms with Gasteiger partial charge in [-0.05, 0) is 35.4 Å². The Morgan fingerprint density at radius 3 is 2.58 bits per heavy atom. The van der Waals surface area contributed by atoms with Gasteiger partial charge in [0.1, 0.15) is 5.82 Å². The van der Waals surface area contributed by atoms with E-state index in [4.69, 9.17) is 0 Å². The number of carbonyl (C=O) groups is 1. The van der Waals surface area contributed by atoms with Crippen molar-refractivity contribution in [1.29, 1.82) is 0 Å². The standard InChI is InChI=1S/C19H14BrFN2O/c20-18-4-2-1-3-17(18)14-9-15(12-22-11-14)19(24)23-10-13-5-7-16(21)8-6-13/h1-9,11-12H,10H2,(H,23,24). The van der Waals surface area contributed by atoms with E-state index < -0.39 is 0 Å². The van der Waals surface area contributed by atoms with E-state index in [1.165, 1.54) is 18.3 Å². The maximum Gasteiger partial charge on any atom is 0.253 e. The molecule has 0 unspecified atom stereocenters. The number of hydrogen-bond acceptors (Lipinski definition) is 2. The van der Waals surface area contributed by atoms with Crippen LogP contribution < -0.4 is 5.32 Å². The van der Waals surface area contributed by atoms with Gasteiger partial charge >= 0.3 is 0 Å². The number of aromatic nitrogens is 1. The summed E-state index contributed by atoms with van der Waals surface area (Å²) in [6.45, 7) is 0.332. The van der Waals surface area contributed by atoms with Crippen LogP contribution in [0.2, 0.25) is 0 Å². The minimum atomic E-state index is -0.296. The van der Waals surface area contributed by atoms with Crippen molar-refractivity contribution in [3.05, 3.63) is 88.4 Å². The number of nitrogens with one attached hydrogen (secondary N) is 1. The van der Waals surface area contributed by atoms with Crippen molar-refractivity contribution in [3.8, 4) is 11.1 Å². The average Bonchev–Trinajstić information content (AvgIpc) is 2.61. The highest BCUT2D eigenvalue weighted by Crippen LogP contribution is 2.27. The van der Waals surface area contributed by atoms with Gasteiger partial charge in [0.2, 0.25) is 0 Å². The summed E-state index contributed by atoms with van der Waals surface area (Å²) in [5, 5.41) is 2.81. The van der Waals surface area contributed by atoms with E-state index in [1.807, 2.05) is 24.3 Å². The molecule has 0 aliphatic carbocycles. The lowest BCUT2D eigenvalue weighted by atomic mass is 10.1. The lowest BCUT2D eigenvalue weighted by Gasteiger charge is -2.08. The fraction of sp³-hybridized carbons (Fsp3) is 0.0526. The van der Waals surface area contributed by atoms with Gasteiger partial charge in [0.25, 0.3) is 5.91 Å². The van der Waals surface area contributed by atoms with E-state index in [-0.39, 0.29) is 11.7 Å². The minimum absolute atomic E-state index is 0.222. The van der Waals surface area contributed by atoms with Crippen LogP contribution in [0.5, 0.6) is 0 Å². The molecule has 5 heteroatoms. The first kappa shape index (κ1) is 16.3. The van der Waals surface area contributed by atoms with Crippen LogP contribution in [-0.4, -0.2) is 10.9 Å². The van der Waals surface area contributed by atoms with Gasteiger partial charge in [-0.1, -0.05) is 46.3 Å². The highest BCUT2D eigenvalue weighted by Gasteiger charge is 2.09. The highest BCUT2D eigenvalue weighted by molar-refractivity contribution is 9.10. The number of carbonyl (C=O) groups excluding carboxylic acids is 1. The normalized spacial score (nSPS) is 10.4. The van der Waals surface area contributed by atoms with Gasteiger partial charge in [-0.3, -0.25) is 9.78 Å². The maximum absolute atomic E-state index is 12.9. The van der Waals surface area contributed by atoms with Crippen molar-refractivity contribution in [3.63, 3.8) is 0 Å². The van der Waals surface area contributed by atoms with E-state index in [9.17, 15) is 9.18 Å². The first-order valence-corrected chi connectivity index (χ1v) is 8.15. The molecule has 1 heterocycles. The van der Waals surface area contributed by atoms with E-state index in [0.717, 1.165) is 21.2 Å². The van der Waals surface area contributed by atoms with Crippen LogP contribution in [-0.2, 0) is 6.54 Å². The van der Waals surface area contributed by atoms with Crippen molar-refractivity contribution in [1.82, 2.24) is 10.3 Å². The Hall–Kier alpha value is -2.53. The van der Waals surface area contributed by atoms with Crippen molar-refractivity contribution >= 4 is 21.8 Å². The molecule has 2 aromatic carbocycles.